The highest BCUT2D eigenvalue weighted by Gasteiger charge is 2.17. The van der Waals surface area contributed by atoms with Crippen LogP contribution in [0, 0.1) is 0 Å². The lowest BCUT2D eigenvalue weighted by Crippen LogP contribution is -2.41. The van der Waals surface area contributed by atoms with Gasteiger partial charge in [0.25, 0.3) is 0 Å². The van der Waals surface area contributed by atoms with Gasteiger partial charge in [0.2, 0.25) is 5.91 Å². The molecule has 1 aromatic carbocycles. The summed E-state index contributed by atoms with van der Waals surface area (Å²) in [7, 11) is 1.54. The van der Waals surface area contributed by atoms with Crippen molar-refractivity contribution in [1.82, 2.24) is 10.2 Å². The highest BCUT2D eigenvalue weighted by atomic mass is 16.5. The fourth-order valence-electron chi connectivity index (χ4n) is 2.01. The van der Waals surface area contributed by atoms with Crippen LogP contribution < -0.4 is 10.1 Å². The van der Waals surface area contributed by atoms with Crippen molar-refractivity contribution in [1.29, 1.82) is 0 Å². The number of likely N-dealkylation sites (N-methyl/N-ethyl adjacent to an activating group) is 1. The minimum absolute atomic E-state index is 0.0494. The highest BCUT2D eigenvalue weighted by Crippen LogP contribution is 2.18. The average Bonchev–Trinajstić information content (AvgIpc) is 2.45. The van der Waals surface area contributed by atoms with Gasteiger partial charge in [0, 0.05) is 6.04 Å². The Bertz CT molecular complexity index is 486. The number of para-hydroxylation sites is 1. The molecular formula is C16H24N2O3. The summed E-state index contributed by atoms with van der Waals surface area (Å²) in [4.78, 5) is 25.9. The molecule has 0 saturated carbocycles. The van der Waals surface area contributed by atoms with Crippen LogP contribution in [0.4, 0.5) is 0 Å². The first-order chi connectivity index (χ1) is 9.97. The Labute approximate surface area is 126 Å². The SMILES string of the molecule is CCN(CC(=O)NC(C)C)CC(=O)c1ccccc1OC. The molecule has 0 spiro atoms. The van der Waals surface area contributed by atoms with E-state index in [1.807, 2.05) is 31.7 Å². The van der Waals surface area contributed by atoms with Crippen LogP contribution >= 0.6 is 0 Å². The Hall–Kier alpha value is -1.88. The fraction of sp³-hybridized carbons (Fsp3) is 0.500. The van der Waals surface area contributed by atoms with Gasteiger partial charge in [-0.15, -0.1) is 0 Å². The number of ketones is 1. The molecule has 1 N–H and O–H groups in total. The number of rotatable bonds is 8. The van der Waals surface area contributed by atoms with Crippen molar-refractivity contribution in [3.63, 3.8) is 0 Å². The van der Waals surface area contributed by atoms with Crippen LogP contribution in [-0.2, 0) is 4.79 Å². The van der Waals surface area contributed by atoms with E-state index in [4.69, 9.17) is 4.74 Å². The molecule has 1 rings (SSSR count). The Balaban J connectivity index is 2.68. The van der Waals surface area contributed by atoms with Crippen molar-refractivity contribution in [2.75, 3.05) is 26.7 Å². The average molecular weight is 292 g/mol. The maximum absolute atomic E-state index is 12.3. The molecule has 0 aliphatic heterocycles. The van der Waals surface area contributed by atoms with Crippen LogP contribution in [0.1, 0.15) is 31.1 Å². The number of Topliss-reactive ketones (excluding diaryl/α,β-unsaturated/α-hetero) is 1. The van der Waals surface area contributed by atoms with Crippen LogP contribution in [-0.4, -0.2) is 49.4 Å². The molecule has 0 fully saturated rings. The number of hydrogen-bond donors (Lipinski definition) is 1. The van der Waals surface area contributed by atoms with Gasteiger partial charge in [-0.05, 0) is 32.5 Å². The molecule has 116 valence electrons. The zero-order valence-corrected chi connectivity index (χ0v) is 13.2. The standard InChI is InChI=1S/C16H24N2O3/c1-5-18(11-16(20)17-12(2)3)10-14(19)13-8-6-7-9-15(13)21-4/h6-9,12H,5,10-11H2,1-4H3,(H,17,20). The fourth-order valence-corrected chi connectivity index (χ4v) is 2.01. The molecule has 0 radical (unpaired) electrons. The Morgan fingerprint density at radius 3 is 2.48 bits per heavy atom. The molecule has 0 heterocycles. The smallest absolute Gasteiger partial charge is 0.234 e. The van der Waals surface area contributed by atoms with Crippen LogP contribution in [0.25, 0.3) is 0 Å². The highest BCUT2D eigenvalue weighted by molar-refractivity contribution is 6.00. The van der Waals surface area contributed by atoms with E-state index in [2.05, 4.69) is 5.32 Å². The molecule has 5 nitrogen and oxygen atoms in total. The Morgan fingerprint density at radius 1 is 1.24 bits per heavy atom. The number of nitrogens with one attached hydrogen (secondary N) is 1. The van der Waals surface area contributed by atoms with Crippen molar-refractivity contribution in [3.8, 4) is 5.75 Å². The summed E-state index contributed by atoms with van der Waals surface area (Å²) in [6.45, 7) is 6.80. The number of nitrogens with zero attached hydrogens (tertiary/aromatic N) is 1. The van der Waals surface area contributed by atoms with Crippen molar-refractivity contribution in [3.05, 3.63) is 29.8 Å². The molecule has 1 amide bonds. The van der Waals surface area contributed by atoms with Gasteiger partial charge in [0.1, 0.15) is 5.75 Å². The van der Waals surface area contributed by atoms with Crippen LogP contribution in [0.2, 0.25) is 0 Å². The number of amides is 1. The monoisotopic (exact) mass is 292 g/mol. The predicted molar refractivity (Wildman–Crippen MR) is 82.7 cm³/mol. The number of hydrogen-bond acceptors (Lipinski definition) is 4. The first kappa shape index (κ1) is 17.2. The Kier molecular flexibility index (Phi) is 6.88. The van der Waals surface area contributed by atoms with Gasteiger partial charge in [-0.2, -0.15) is 0 Å². The molecule has 0 bridgehead atoms. The molecule has 1 aromatic rings. The summed E-state index contributed by atoms with van der Waals surface area (Å²) in [6.07, 6.45) is 0. The number of benzene rings is 1. The van der Waals surface area contributed by atoms with E-state index in [1.165, 1.54) is 0 Å². The van der Waals surface area contributed by atoms with Gasteiger partial charge in [-0.3, -0.25) is 14.5 Å². The van der Waals surface area contributed by atoms with Crippen molar-refractivity contribution in [2.24, 2.45) is 0 Å². The minimum Gasteiger partial charge on any atom is -0.496 e. The summed E-state index contributed by atoms with van der Waals surface area (Å²) >= 11 is 0. The summed E-state index contributed by atoms with van der Waals surface area (Å²) in [5, 5.41) is 2.83. The molecule has 0 aliphatic rings. The second-order valence-electron chi connectivity index (χ2n) is 5.15. The number of carbonyl (C=O) groups excluding carboxylic acids is 2. The minimum atomic E-state index is -0.0697. The third kappa shape index (κ3) is 5.55. The van der Waals surface area contributed by atoms with E-state index in [9.17, 15) is 9.59 Å². The normalized spacial score (nSPS) is 10.8. The van der Waals surface area contributed by atoms with E-state index in [0.717, 1.165) is 0 Å². The molecular weight excluding hydrogens is 268 g/mol. The predicted octanol–water partition coefficient (Wildman–Crippen LogP) is 1.72. The molecule has 0 aliphatic carbocycles. The molecule has 5 heteroatoms. The maximum atomic E-state index is 12.3. The lowest BCUT2D eigenvalue weighted by Gasteiger charge is -2.20. The van der Waals surface area contributed by atoms with E-state index >= 15 is 0 Å². The van der Waals surface area contributed by atoms with E-state index in [0.29, 0.717) is 17.9 Å². The molecule has 0 unspecified atom stereocenters. The molecule has 0 atom stereocenters. The topological polar surface area (TPSA) is 58.6 Å². The first-order valence-electron chi connectivity index (χ1n) is 7.15. The lowest BCUT2D eigenvalue weighted by atomic mass is 10.1. The number of ether oxygens (including phenoxy) is 1. The Morgan fingerprint density at radius 2 is 1.90 bits per heavy atom. The maximum Gasteiger partial charge on any atom is 0.234 e. The zero-order valence-electron chi connectivity index (χ0n) is 13.2. The van der Waals surface area contributed by atoms with Crippen LogP contribution in [0.3, 0.4) is 0 Å². The van der Waals surface area contributed by atoms with E-state index < -0.39 is 0 Å². The summed E-state index contributed by atoms with van der Waals surface area (Å²) in [5.74, 6) is 0.441. The molecule has 0 saturated heterocycles. The van der Waals surface area contributed by atoms with E-state index in [1.54, 1.807) is 25.3 Å². The summed E-state index contributed by atoms with van der Waals surface area (Å²) < 4.78 is 5.20. The summed E-state index contributed by atoms with van der Waals surface area (Å²) in [5.41, 5.74) is 0.544. The largest absolute Gasteiger partial charge is 0.496 e. The second-order valence-corrected chi connectivity index (χ2v) is 5.15. The van der Waals surface area contributed by atoms with Gasteiger partial charge >= 0.3 is 0 Å². The number of carbonyl (C=O) groups is 2. The molecule has 0 aromatic heterocycles. The zero-order chi connectivity index (χ0) is 15.8. The lowest BCUT2D eigenvalue weighted by molar-refractivity contribution is -0.122. The van der Waals surface area contributed by atoms with Crippen molar-refractivity contribution >= 4 is 11.7 Å². The third-order valence-electron chi connectivity index (χ3n) is 3.04. The van der Waals surface area contributed by atoms with Gasteiger partial charge < -0.3 is 10.1 Å². The van der Waals surface area contributed by atoms with Crippen molar-refractivity contribution in [2.45, 2.75) is 26.8 Å². The van der Waals surface area contributed by atoms with E-state index in [-0.39, 0.29) is 30.8 Å². The van der Waals surface area contributed by atoms with Gasteiger partial charge in [-0.25, -0.2) is 0 Å². The van der Waals surface area contributed by atoms with Gasteiger partial charge in [-0.1, -0.05) is 19.1 Å². The van der Waals surface area contributed by atoms with Crippen LogP contribution in [0.5, 0.6) is 5.75 Å². The number of methoxy groups -OCH3 is 1. The van der Waals surface area contributed by atoms with Crippen LogP contribution in [0.15, 0.2) is 24.3 Å². The quantitative estimate of drug-likeness (QED) is 0.741. The third-order valence-corrected chi connectivity index (χ3v) is 3.04. The van der Waals surface area contributed by atoms with Gasteiger partial charge in [0.15, 0.2) is 5.78 Å². The van der Waals surface area contributed by atoms with Gasteiger partial charge in [0.05, 0.1) is 25.8 Å². The molecule has 21 heavy (non-hydrogen) atoms. The summed E-state index contributed by atoms with van der Waals surface area (Å²) in [6, 6.07) is 7.22. The first-order valence-corrected chi connectivity index (χ1v) is 7.15. The second kappa shape index (κ2) is 8.42. The van der Waals surface area contributed by atoms with Crippen molar-refractivity contribution < 1.29 is 14.3 Å².